The Kier molecular flexibility index (Phi) is 5.80. The van der Waals surface area contributed by atoms with Crippen molar-refractivity contribution in [1.82, 2.24) is 19.7 Å². The third-order valence-corrected chi connectivity index (χ3v) is 7.67. The lowest BCUT2D eigenvalue weighted by molar-refractivity contribution is 0.573. The molecule has 0 spiro atoms. The largest absolute Gasteiger partial charge is 0.444 e. The molecule has 7 nitrogen and oxygen atoms in total. The van der Waals surface area contributed by atoms with Crippen LogP contribution in [-0.2, 0) is 22.1 Å². The Morgan fingerprint density at radius 1 is 1.31 bits per heavy atom. The first kappa shape index (κ1) is 20.2. The van der Waals surface area contributed by atoms with Crippen LogP contribution in [0.2, 0.25) is 5.02 Å². The van der Waals surface area contributed by atoms with Gasteiger partial charge in [0.1, 0.15) is 12.1 Å². The number of thioether (sulfide) groups is 1. The molecule has 1 saturated heterocycles. The molecule has 1 unspecified atom stereocenters. The zero-order valence-electron chi connectivity index (χ0n) is 15.5. The monoisotopic (exact) mass is 450 g/mol. The normalized spacial score (nSPS) is 18.2. The van der Waals surface area contributed by atoms with Gasteiger partial charge in [-0.2, -0.15) is 0 Å². The molecule has 0 bridgehead atoms. The van der Waals surface area contributed by atoms with Gasteiger partial charge in [-0.15, -0.1) is 16.8 Å². The van der Waals surface area contributed by atoms with E-state index in [4.69, 9.17) is 16.0 Å². The van der Waals surface area contributed by atoms with Gasteiger partial charge in [0.15, 0.2) is 15.0 Å². The Balaban J connectivity index is 1.49. The van der Waals surface area contributed by atoms with E-state index in [1.165, 1.54) is 11.8 Å². The van der Waals surface area contributed by atoms with Gasteiger partial charge in [-0.1, -0.05) is 29.4 Å². The SMILES string of the molecule is C=CCn1c(SCc2coc(-c3ccc(Cl)cc3)n2)nnc1C1CCS(=O)(=O)C1. The summed E-state index contributed by atoms with van der Waals surface area (Å²) in [5, 5.41) is 9.92. The van der Waals surface area contributed by atoms with E-state index in [2.05, 4.69) is 21.8 Å². The third-order valence-electron chi connectivity index (χ3n) is 4.65. The quantitative estimate of drug-likeness (QED) is 0.397. The Morgan fingerprint density at radius 3 is 2.79 bits per heavy atom. The van der Waals surface area contributed by atoms with Crippen molar-refractivity contribution < 1.29 is 12.8 Å². The molecule has 152 valence electrons. The van der Waals surface area contributed by atoms with Crippen LogP contribution < -0.4 is 0 Å². The first-order valence-electron chi connectivity index (χ1n) is 9.03. The summed E-state index contributed by atoms with van der Waals surface area (Å²) >= 11 is 7.40. The Hall–Kier alpha value is -2.10. The molecular weight excluding hydrogens is 432 g/mol. The first-order chi connectivity index (χ1) is 13.9. The molecule has 1 atom stereocenters. The molecule has 1 aliphatic heterocycles. The van der Waals surface area contributed by atoms with E-state index < -0.39 is 9.84 Å². The summed E-state index contributed by atoms with van der Waals surface area (Å²) in [5.74, 6) is 1.99. The lowest BCUT2D eigenvalue weighted by Gasteiger charge is -2.10. The molecule has 10 heteroatoms. The zero-order valence-corrected chi connectivity index (χ0v) is 17.9. The number of rotatable bonds is 7. The fraction of sp³-hybridized carbons (Fsp3) is 0.316. The van der Waals surface area contributed by atoms with Gasteiger partial charge >= 0.3 is 0 Å². The Bertz CT molecular complexity index is 1120. The van der Waals surface area contributed by atoms with Crippen molar-refractivity contribution >= 4 is 33.2 Å². The lowest BCUT2D eigenvalue weighted by Crippen LogP contribution is -2.11. The molecule has 3 heterocycles. The minimum absolute atomic E-state index is 0.120. The van der Waals surface area contributed by atoms with Crippen molar-refractivity contribution in [3.8, 4) is 11.5 Å². The number of nitrogens with zero attached hydrogens (tertiary/aromatic N) is 4. The van der Waals surface area contributed by atoms with Gasteiger partial charge in [0.25, 0.3) is 0 Å². The fourth-order valence-corrected chi connectivity index (χ4v) is 5.94. The highest BCUT2D eigenvalue weighted by atomic mass is 35.5. The van der Waals surface area contributed by atoms with Crippen LogP contribution in [0.3, 0.4) is 0 Å². The van der Waals surface area contributed by atoms with Gasteiger partial charge < -0.3 is 8.98 Å². The van der Waals surface area contributed by atoms with E-state index in [-0.39, 0.29) is 17.4 Å². The number of benzene rings is 1. The van der Waals surface area contributed by atoms with E-state index in [0.717, 1.165) is 11.3 Å². The summed E-state index contributed by atoms with van der Waals surface area (Å²) in [6.45, 7) is 4.32. The summed E-state index contributed by atoms with van der Waals surface area (Å²) < 4.78 is 31.2. The van der Waals surface area contributed by atoms with E-state index in [1.54, 1.807) is 24.5 Å². The summed E-state index contributed by atoms with van der Waals surface area (Å²) in [6.07, 6.45) is 3.96. The van der Waals surface area contributed by atoms with Crippen molar-refractivity contribution in [3.63, 3.8) is 0 Å². The molecule has 3 aromatic rings. The second-order valence-corrected chi connectivity index (χ2v) is 10.4. The molecule has 2 aromatic heterocycles. The van der Waals surface area contributed by atoms with Crippen LogP contribution in [-0.4, -0.2) is 39.7 Å². The predicted octanol–water partition coefficient (Wildman–Crippen LogP) is 3.97. The maximum absolute atomic E-state index is 11.8. The van der Waals surface area contributed by atoms with Crippen molar-refractivity contribution in [2.24, 2.45) is 0 Å². The maximum Gasteiger partial charge on any atom is 0.226 e. The second-order valence-electron chi connectivity index (χ2n) is 6.78. The number of aromatic nitrogens is 4. The standard InChI is InChI=1S/C19H19ClN4O3S2/c1-2-8-24-17(14-7-9-29(25,26)12-14)22-23-19(24)28-11-16-10-27-18(21-16)13-3-5-15(20)6-4-13/h2-6,10,14H,1,7-9,11-12H2. The molecular formula is C19H19ClN4O3S2. The second kappa shape index (κ2) is 8.33. The van der Waals surface area contributed by atoms with Crippen molar-refractivity contribution in [2.75, 3.05) is 11.5 Å². The van der Waals surface area contributed by atoms with Crippen molar-refractivity contribution in [3.05, 3.63) is 59.7 Å². The average Bonchev–Trinajstić information content (AvgIpc) is 3.40. The summed E-state index contributed by atoms with van der Waals surface area (Å²) in [5.41, 5.74) is 1.63. The first-order valence-corrected chi connectivity index (χ1v) is 12.2. The molecule has 1 aromatic carbocycles. The molecule has 4 rings (SSSR count). The van der Waals surface area contributed by atoms with Crippen molar-refractivity contribution in [2.45, 2.75) is 29.8 Å². The summed E-state index contributed by atoms with van der Waals surface area (Å²) in [7, 11) is -2.99. The van der Waals surface area contributed by atoms with E-state index >= 15 is 0 Å². The van der Waals surface area contributed by atoms with Gasteiger partial charge in [0.2, 0.25) is 5.89 Å². The molecule has 29 heavy (non-hydrogen) atoms. The number of allylic oxidation sites excluding steroid dienone is 1. The van der Waals surface area contributed by atoms with Gasteiger partial charge in [-0.3, -0.25) is 0 Å². The van der Waals surface area contributed by atoms with Crippen molar-refractivity contribution in [1.29, 1.82) is 0 Å². The summed E-state index contributed by atoms with van der Waals surface area (Å²) in [4.78, 5) is 4.52. The van der Waals surface area contributed by atoms with E-state index in [1.807, 2.05) is 16.7 Å². The predicted molar refractivity (Wildman–Crippen MR) is 113 cm³/mol. The van der Waals surface area contributed by atoms with Crippen LogP contribution in [0.15, 0.2) is 52.8 Å². The maximum atomic E-state index is 11.8. The smallest absolute Gasteiger partial charge is 0.226 e. The number of hydrogen-bond acceptors (Lipinski definition) is 7. The van der Waals surface area contributed by atoms with Gasteiger partial charge in [0, 0.05) is 28.8 Å². The minimum atomic E-state index is -2.99. The molecule has 1 fully saturated rings. The zero-order chi connectivity index (χ0) is 20.4. The van der Waals surface area contributed by atoms with E-state index in [9.17, 15) is 8.42 Å². The summed E-state index contributed by atoms with van der Waals surface area (Å²) in [6, 6.07) is 7.29. The highest BCUT2D eigenvalue weighted by molar-refractivity contribution is 7.98. The van der Waals surface area contributed by atoms with E-state index in [0.29, 0.717) is 40.6 Å². The molecule has 0 amide bonds. The van der Waals surface area contributed by atoms with Gasteiger partial charge in [0.05, 0.1) is 17.2 Å². The topological polar surface area (TPSA) is 90.9 Å². The van der Waals surface area contributed by atoms with Crippen LogP contribution in [0.25, 0.3) is 11.5 Å². The highest BCUT2D eigenvalue weighted by Crippen LogP contribution is 2.31. The minimum Gasteiger partial charge on any atom is -0.444 e. The van der Waals surface area contributed by atoms with Gasteiger partial charge in [-0.05, 0) is 30.7 Å². The average molecular weight is 451 g/mol. The van der Waals surface area contributed by atoms with Gasteiger partial charge in [-0.25, -0.2) is 13.4 Å². The molecule has 0 saturated carbocycles. The van der Waals surface area contributed by atoms with Crippen LogP contribution in [0.4, 0.5) is 0 Å². The number of halogens is 1. The molecule has 0 aliphatic carbocycles. The number of sulfone groups is 1. The van der Waals surface area contributed by atoms with Crippen LogP contribution >= 0.6 is 23.4 Å². The third kappa shape index (κ3) is 4.57. The van der Waals surface area contributed by atoms with Crippen LogP contribution in [0, 0.1) is 0 Å². The number of oxazole rings is 1. The molecule has 1 aliphatic rings. The van der Waals surface area contributed by atoms with Crippen LogP contribution in [0.5, 0.6) is 0 Å². The Morgan fingerprint density at radius 2 is 2.10 bits per heavy atom. The Labute approximate surface area is 178 Å². The molecule has 0 radical (unpaired) electrons. The van der Waals surface area contributed by atoms with Crippen LogP contribution in [0.1, 0.15) is 23.9 Å². The highest BCUT2D eigenvalue weighted by Gasteiger charge is 2.33. The lowest BCUT2D eigenvalue weighted by atomic mass is 10.1. The number of hydrogen-bond donors (Lipinski definition) is 0. The molecule has 0 N–H and O–H groups in total. The fourth-order valence-electron chi connectivity index (χ4n) is 3.24.